The summed E-state index contributed by atoms with van der Waals surface area (Å²) in [7, 11) is 3.82. The normalized spacial score (nSPS) is 26.2. The highest BCUT2D eigenvalue weighted by Crippen LogP contribution is 2.34. The van der Waals surface area contributed by atoms with E-state index in [1.54, 1.807) is 4.90 Å². The summed E-state index contributed by atoms with van der Waals surface area (Å²) >= 11 is 0. The fourth-order valence-electron chi connectivity index (χ4n) is 8.52. The number of carbonyl (C=O) groups is 4. The van der Waals surface area contributed by atoms with Crippen LogP contribution in [-0.2, 0) is 30.3 Å². The topological polar surface area (TPSA) is 103 Å². The summed E-state index contributed by atoms with van der Waals surface area (Å²) in [5, 5.41) is 3.15. The maximum absolute atomic E-state index is 14.2. The quantitative estimate of drug-likeness (QED) is 0.362. The number of nitrogens with one attached hydrogen (secondary N) is 1. The molecule has 0 aromatic heterocycles. The van der Waals surface area contributed by atoms with Gasteiger partial charge in [-0.3, -0.25) is 24.2 Å². The van der Waals surface area contributed by atoms with Crippen molar-refractivity contribution in [2.45, 2.75) is 135 Å². The number of hydrogen-bond donors (Lipinski definition) is 1. The molecule has 0 saturated carbocycles. The number of rotatable bonds is 10. The van der Waals surface area contributed by atoms with Gasteiger partial charge in [-0.05, 0) is 100 Å². The Hall–Kier alpha value is -2.98. The summed E-state index contributed by atoms with van der Waals surface area (Å²) in [6.07, 6.45) is 8.42. The van der Waals surface area contributed by atoms with Crippen molar-refractivity contribution in [2.24, 2.45) is 11.3 Å². The Morgan fingerprint density at radius 3 is 2.31 bits per heavy atom. The van der Waals surface area contributed by atoms with Crippen LogP contribution in [0, 0.1) is 11.3 Å². The molecule has 5 rings (SSSR count). The third kappa shape index (κ3) is 8.50. The fraction of sp³-hybridized carbons (Fsp3) is 0.744. The van der Waals surface area contributed by atoms with Crippen LogP contribution in [0.2, 0.25) is 0 Å². The van der Waals surface area contributed by atoms with Gasteiger partial charge in [0.05, 0.1) is 12.1 Å². The molecule has 4 aliphatic rings. The monoisotopic (exact) mass is 679 g/mol. The van der Waals surface area contributed by atoms with E-state index < -0.39 is 17.5 Å². The van der Waals surface area contributed by atoms with Gasteiger partial charge in [-0.1, -0.05) is 65.3 Å². The maximum Gasteiger partial charge on any atom is 0.329 e. The van der Waals surface area contributed by atoms with Crippen molar-refractivity contribution < 1.29 is 23.9 Å². The fourth-order valence-corrected chi connectivity index (χ4v) is 8.52. The Kier molecular flexibility index (Phi) is 12.1. The van der Waals surface area contributed by atoms with E-state index in [0.717, 1.165) is 76.4 Å². The number of likely N-dealkylation sites (tertiary alicyclic amines) is 3. The molecule has 3 aliphatic heterocycles. The average Bonchev–Trinajstić information content (AvgIpc) is 3.75. The van der Waals surface area contributed by atoms with Crippen molar-refractivity contribution in [1.29, 1.82) is 0 Å². The Labute approximate surface area is 294 Å². The lowest BCUT2D eigenvalue weighted by atomic mass is 9.84. The molecule has 0 unspecified atom stereocenters. The number of ether oxygens (including phenoxy) is 1. The predicted octanol–water partition coefficient (Wildman–Crippen LogP) is 4.56. The van der Waals surface area contributed by atoms with Gasteiger partial charge in [0.1, 0.15) is 18.2 Å². The predicted molar refractivity (Wildman–Crippen MR) is 191 cm³/mol. The van der Waals surface area contributed by atoms with Crippen molar-refractivity contribution in [3.05, 3.63) is 35.4 Å². The molecule has 0 bridgehead atoms. The zero-order valence-corrected chi connectivity index (χ0v) is 31.1. The number of benzene rings is 1. The molecule has 3 heterocycles. The van der Waals surface area contributed by atoms with Gasteiger partial charge in [0.25, 0.3) is 0 Å². The summed E-state index contributed by atoms with van der Waals surface area (Å²) in [6.45, 7) is 13.0. The summed E-state index contributed by atoms with van der Waals surface area (Å²) in [5.74, 6) is -0.363. The Bertz CT molecular complexity index is 1340. The van der Waals surface area contributed by atoms with Crippen molar-refractivity contribution in [2.75, 3.05) is 40.3 Å². The first kappa shape index (κ1) is 37.3. The van der Waals surface area contributed by atoms with E-state index in [4.69, 9.17) is 4.74 Å². The number of piperidine rings is 1. The molecule has 3 amide bonds. The molecular formula is C39H61N5O5. The SMILES string of the molecule is CC(C)[C@@H](CN1CCC[C@H]1C(=O)N1CCC[C@H]1C(=O)O[C@@H]1CCCc2ccccc21)N(C)C(=O)[C@@H](NC(=O)[C@H]1CCCCN1C)C(C)(C)C. The molecule has 10 nitrogen and oxygen atoms in total. The molecule has 3 saturated heterocycles. The highest BCUT2D eigenvalue weighted by atomic mass is 16.5. The van der Waals surface area contributed by atoms with E-state index >= 15 is 0 Å². The van der Waals surface area contributed by atoms with Crippen LogP contribution >= 0.6 is 0 Å². The number of fused-ring (bicyclic) bond motifs is 1. The highest BCUT2D eigenvalue weighted by molar-refractivity contribution is 5.91. The van der Waals surface area contributed by atoms with Gasteiger partial charge in [0.15, 0.2) is 0 Å². The van der Waals surface area contributed by atoms with Crippen molar-refractivity contribution in [3.63, 3.8) is 0 Å². The summed E-state index contributed by atoms with van der Waals surface area (Å²) < 4.78 is 6.12. The number of esters is 1. The number of hydrogen-bond acceptors (Lipinski definition) is 7. The van der Waals surface area contributed by atoms with Gasteiger partial charge < -0.3 is 19.9 Å². The minimum atomic E-state index is -0.676. The summed E-state index contributed by atoms with van der Waals surface area (Å²) in [5.41, 5.74) is 1.85. The molecule has 1 aliphatic carbocycles. The second kappa shape index (κ2) is 15.9. The lowest BCUT2D eigenvalue weighted by Crippen LogP contribution is -2.61. The van der Waals surface area contributed by atoms with Crippen molar-refractivity contribution in [3.8, 4) is 0 Å². The number of likely N-dealkylation sites (N-methyl/N-ethyl adjacent to an activating group) is 2. The van der Waals surface area contributed by atoms with E-state index in [-0.39, 0.29) is 53.8 Å². The minimum Gasteiger partial charge on any atom is -0.456 e. The van der Waals surface area contributed by atoms with Gasteiger partial charge in [0, 0.05) is 26.2 Å². The lowest BCUT2D eigenvalue weighted by molar-refractivity contribution is -0.160. The molecule has 49 heavy (non-hydrogen) atoms. The van der Waals surface area contributed by atoms with E-state index in [2.05, 4.69) is 41.1 Å². The lowest BCUT2D eigenvalue weighted by Gasteiger charge is -2.41. The third-order valence-corrected chi connectivity index (χ3v) is 11.5. The van der Waals surface area contributed by atoms with Crippen molar-refractivity contribution in [1.82, 2.24) is 24.9 Å². The molecule has 272 valence electrons. The van der Waals surface area contributed by atoms with Crippen LogP contribution in [0.4, 0.5) is 0 Å². The molecule has 6 atom stereocenters. The molecule has 1 aromatic carbocycles. The van der Waals surface area contributed by atoms with E-state index in [0.29, 0.717) is 19.5 Å². The van der Waals surface area contributed by atoms with E-state index in [1.807, 2.05) is 51.9 Å². The first-order chi connectivity index (χ1) is 23.3. The first-order valence-electron chi connectivity index (χ1n) is 18.9. The van der Waals surface area contributed by atoms with Crippen LogP contribution in [0.1, 0.15) is 110 Å². The molecule has 0 radical (unpaired) electrons. The third-order valence-electron chi connectivity index (χ3n) is 11.5. The highest BCUT2D eigenvalue weighted by Gasteiger charge is 2.44. The zero-order valence-electron chi connectivity index (χ0n) is 31.1. The van der Waals surface area contributed by atoms with Crippen molar-refractivity contribution >= 4 is 23.7 Å². The minimum absolute atomic E-state index is 0.00564. The van der Waals surface area contributed by atoms with Gasteiger partial charge in [-0.2, -0.15) is 0 Å². The molecule has 10 heteroatoms. The molecular weight excluding hydrogens is 618 g/mol. The van der Waals surface area contributed by atoms with Crippen LogP contribution in [0.15, 0.2) is 24.3 Å². The molecule has 3 fully saturated rings. The molecule has 1 aromatic rings. The number of carbonyl (C=O) groups excluding carboxylic acids is 4. The van der Waals surface area contributed by atoms with Crippen LogP contribution in [-0.4, -0.2) is 114 Å². The Morgan fingerprint density at radius 1 is 0.898 bits per heavy atom. The van der Waals surface area contributed by atoms with Gasteiger partial charge in [-0.15, -0.1) is 0 Å². The van der Waals surface area contributed by atoms with Crippen LogP contribution in [0.5, 0.6) is 0 Å². The summed E-state index contributed by atoms with van der Waals surface area (Å²) in [6, 6.07) is 6.23. The average molecular weight is 680 g/mol. The number of aryl methyl sites for hydroxylation is 1. The number of amides is 3. The standard InChI is InChI=1S/C39H61N5O5/c1-26(2)32(42(7)37(47)34(39(3,4)5)40-35(45)29-18-10-11-22-41(29)6)25-43-23-13-19-30(43)36(46)44-24-14-20-31(44)38(48)49-33-21-12-16-27-15-8-9-17-28(27)33/h8-9,15,17,26,29-34H,10-14,16,18-25H2,1-7H3,(H,40,45)/t29-,30+,31+,32-,33-,34-/m1/s1. The largest absolute Gasteiger partial charge is 0.456 e. The van der Waals surface area contributed by atoms with E-state index in [9.17, 15) is 19.2 Å². The molecule has 0 spiro atoms. The van der Waals surface area contributed by atoms with Gasteiger partial charge >= 0.3 is 5.97 Å². The smallest absolute Gasteiger partial charge is 0.329 e. The van der Waals surface area contributed by atoms with Crippen LogP contribution < -0.4 is 5.32 Å². The van der Waals surface area contributed by atoms with Crippen LogP contribution in [0.3, 0.4) is 0 Å². The second-order valence-electron chi connectivity index (χ2n) is 16.4. The Balaban J connectivity index is 1.25. The van der Waals surface area contributed by atoms with E-state index in [1.165, 1.54) is 5.56 Å². The zero-order chi connectivity index (χ0) is 35.5. The van der Waals surface area contributed by atoms with Crippen LogP contribution in [0.25, 0.3) is 0 Å². The maximum atomic E-state index is 14.2. The number of nitrogens with zero attached hydrogens (tertiary/aromatic N) is 4. The summed E-state index contributed by atoms with van der Waals surface area (Å²) in [4.78, 5) is 63.4. The van der Waals surface area contributed by atoms with Gasteiger partial charge in [-0.25, -0.2) is 4.79 Å². The Morgan fingerprint density at radius 2 is 1.59 bits per heavy atom. The second-order valence-corrected chi connectivity index (χ2v) is 16.4. The van der Waals surface area contributed by atoms with Gasteiger partial charge in [0.2, 0.25) is 17.7 Å². The molecule has 1 N–H and O–H groups in total. The first-order valence-corrected chi connectivity index (χ1v) is 18.9.